The van der Waals surface area contributed by atoms with Crippen LogP contribution < -0.4 is 4.74 Å². The van der Waals surface area contributed by atoms with Gasteiger partial charge in [-0.3, -0.25) is 0 Å². The Hall–Kier alpha value is -1.91. The number of hydrogen-bond donors (Lipinski definition) is 0. The van der Waals surface area contributed by atoms with Gasteiger partial charge < -0.3 is 4.74 Å². The first kappa shape index (κ1) is 14.2. The van der Waals surface area contributed by atoms with Crippen LogP contribution in [0.15, 0.2) is 6.07 Å². The Morgan fingerprint density at radius 1 is 1.44 bits per heavy atom. The van der Waals surface area contributed by atoms with E-state index >= 15 is 0 Å². The van der Waals surface area contributed by atoms with Crippen LogP contribution in [0.3, 0.4) is 0 Å². The molecule has 3 nitrogen and oxygen atoms in total. The lowest BCUT2D eigenvalue weighted by molar-refractivity contribution is -0.275. The zero-order chi connectivity index (χ0) is 13.9. The molecule has 0 fully saturated rings. The van der Waals surface area contributed by atoms with Crippen molar-refractivity contribution >= 4 is 0 Å². The van der Waals surface area contributed by atoms with Gasteiger partial charge in [0, 0.05) is 0 Å². The van der Waals surface area contributed by atoms with E-state index in [0.717, 1.165) is 6.07 Å². The lowest BCUT2D eigenvalue weighted by Crippen LogP contribution is -2.19. The maximum atomic E-state index is 12.6. The second-order valence-corrected chi connectivity index (χ2v) is 3.32. The molecule has 0 N–H and O–H groups in total. The predicted molar refractivity (Wildman–Crippen MR) is 49.9 cm³/mol. The molecule has 0 bridgehead atoms. The second kappa shape index (κ2) is 5.16. The van der Waals surface area contributed by atoms with E-state index in [4.69, 9.17) is 5.26 Å². The van der Waals surface area contributed by atoms with Crippen molar-refractivity contribution in [3.8, 4) is 11.8 Å². The molecule has 0 amide bonds. The number of aromatic nitrogens is 1. The molecule has 8 heteroatoms. The highest BCUT2D eigenvalue weighted by Gasteiger charge is 2.34. The van der Waals surface area contributed by atoms with Crippen molar-refractivity contribution in [2.24, 2.45) is 0 Å². The Balaban J connectivity index is 3.25. The van der Waals surface area contributed by atoms with E-state index in [9.17, 15) is 22.0 Å². The molecular weight excluding hydrogens is 259 g/mol. The average molecular weight is 266 g/mol. The van der Waals surface area contributed by atoms with E-state index in [2.05, 4.69) is 9.72 Å². The summed E-state index contributed by atoms with van der Waals surface area (Å²) < 4.78 is 64.7. The number of pyridine rings is 1. The van der Waals surface area contributed by atoms with Gasteiger partial charge in [-0.05, 0) is 18.6 Å². The van der Waals surface area contributed by atoms with Gasteiger partial charge in [-0.15, -0.1) is 13.2 Å². The highest BCUT2D eigenvalue weighted by molar-refractivity contribution is 5.36. The van der Waals surface area contributed by atoms with Gasteiger partial charge in [-0.2, -0.15) is 5.26 Å². The number of nitriles is 1. The van der Waals surface area contributed by atoms with Crippen LogP contribution in [0, 0.1) is 18.3 Å². The van der Waals surface area contributed by atoms with Gasteiger partial charge in [0.1, 0.15) is 5.69 Å². The minimum atomic E-state index is -5.07. The van der Waals surface area contributed by atoms with Crippen LogP contribution in [-0.2, 0) is 6.42 Å². The Morgan fingerprint density at radius 3 is 2.50 bits per heavy atom. The van der Waals surface area contributed by atoms with Gasteiger partial charge in [-0.1, -0.05) is 0 Å². The third-order valence-corrected chi connectivity index (χ3v) is 1.99. The molecule has 0 saturated heterocycles. The molecule has 0 atom stereocenters. The zero-order valence-corrected chi connectivity index (χ0v) is 9.05. The topological polar surface area (TPSA) is 45.9 Å². The third-order valence-electron chi connectivity index (χ3n) is 1.99. The second-order valence-electron chi connectivity index (χ2n) is 3.32. The summed E-state index contributed by atoms with van der Waals surface area (Å²) in [7, 11) is 0. The van der Waals surface area contributed by atoms with E-state index in [1.165, 1.54) is 6.92 Å². The standard InChI is InChI=1S/C10H7F5N2O/c1-5-4-7(18-10(13,14)15)8(9(11)12)17-6(5)2-3-16/h4,9H,2H2,1H3. The van der Waals surface area contributed by atoms with E-state index < -0.39 is 24.2 Å². The lowest BCUT2D eigenvalue weighted by atomic mass is 10.1. The maximum Gasteiger partial charge on any atom is 0.573 e. The van der Waals surface area contributed by atoms with Crippen LogP contribution in [0.2, 0.25) is 0 Å². The SMILES string of the molecule is Cc1cc(OC(F)(F)F)c(C(F)F)nc1CC#N. The smallest absolute Gasteiger partial charge is 0.404 e. The zero-order valence-electron chi connectivity index (χ0n) is 9.05. The lowest BCUT2D eigenvalue weighted by Gasteiger charge is -2.14. The number of rotatable bonds is 3. The van der Waals surface area contributed by atoms with E-state index in [1.54, 1.807) is 6.07 Å². The van der Waals surface area contributed by atoms with Crippen LogP contribution >= 0.6 is 0 Å². The van der Waals surface area contributed by atoms with Crippen molar-refractivity contribution in [2.75, 3.05) is 0 Å². The first-order valence-corrected chi connectivity index (χ1v) is 4.66. The van der Waals surface area contributed by atoms with Crippen LogP contribution in [-0.4, -0.2) is 11.3 Å². The van der Waals surface area contributed by atoms with Crippen LogP contribution in [0.4, 0.5) is 22.0 Å². The fourth-order valence-corrected chi connectivity index (χ4v) is 1.26. The molecule has 0 spiro atoms. The van der Waals surface area contributed by atoms with E-state index in [-0.39, 0.29) is 17.7 Å². The van der Waals surface area contributed by atoms with Gasteiger partial charge in [0.2, 0.25) is 0 Å². The van der Waals surface area contributed by atoms with Gasteiger partial charge >= 0.3 is 6.36 Å². The van der Waals surface area contributed by atoms with Gasteiger partial charge in [-0.25, -0.2) is 13.8 Å². The molecule has 0 radical (unpaired) electrons. The minimum absolute atomic E-state index is 0.00215. The number of halogens is 5. The number of aryl methyl sites for hydroxylation is 1. The first-order chi connectivity index (χ1) is 8.24. The molecule has 1 rings (SSSR count). The summed E-state index contributed by atoms with van der Waals surface area (Å²) in [5, 5.41) is 8.44. The molecule has 0 aliphatic rings. The fourth-order valence-electron chi connectivity index (χ4n) is 1.26. The fraction of sp³-hybridized carbons (Fsp3) is 0.400. The molecule has 18 heavy (non-hydrogen) atoms. The molecule has 1 heterocycles. The van der Waals surface area contributed by atoms with Crippen molar-refractivity contribution in [1.29, 1.82) is 5.26 Å². The predicted octanol–water partition coefficient (Wildman–Crippen LogP) is 3.29. The largest absolute Gasteiger partial charge is 0.573 e. The molecule has 1 aromatic heterocycles. The molecule has 0 saturated carbocycles. The summed E-state index contributed by atoms with van der Waals surface area (Å²) in [6.45, 7) is 1.36. The number of ether oxygens (including phenoxy) is 1. The van der Waals surface area contributed by atoms with Gasteiger partial charge in [0.25, 0.3) is 6.43 Å². The Kier molecular flexibility index (Phi) is 4.06. The molecule has 1 aromatic rings. The number of nitrogens with zero attached hydrogens (tertiary/aromatic N) is 2. The van der Waals surface area contributed by atoms with Crippen molar-refractivity contribution in [3.05, 3.63) is 23.0 Å². The quantitative estimate of drug-likeness (QED) is 0.788. The number of hydrogen-bond acceptors (Lipinski definition) is 3. The molecule has 0 aromatic carbocycles. The summed E-state index contributed by atoms with van der Waals surface area (Å²) in [5.74, 6) is -1.04. The number of alkyl halides is 5. The Labute approximate surface area is 98.8 Å². The van der Waals surface area contributed by atoms with Crippen molar-refractivity contribution in [3.63, 3.8) is 0 Å². The van der Waals surface area contributed by atoms with Crippen molar-refractivity contribution in [2.45, 2.75) is 26.1 Å². The minimum Gasteiger partial charge on any atom is -0.404 e. The molecule has 98 valence electrons. The summed E-state index contributed by atoms with van der Waals surface area (Å²) in [4.78, 5) is 3.35. The summed E-state index contributed by atoms with van der Waals surface area (Å²) in [6.07, 6.45) is -8.56. The first-order valence-electron chi connectivity index (χ1n) is 4.66. The van der Waals surface area contributed by atoms with Crippen LogP contribution in [0.1, 0.15) is 23.4 Å². The van der Waals surface area contributed by atoms with Gasteiger partial charge in [0.15, 0.2) is 5.75 Å². The van der Waals surface area contributed by atoms with E-state index in [1.807, 2.05) is 0 Å². The van der Waals surface area contributed by atoms with Crippen LogP contribution in [0.5, 0.6) is 5.75 Å². The monoisotopic (exact) mass is 266 g/mol. The molecule has 0 aliphatic carbocycles. The highest BCUT2D eigenvalue weighted by atomic mass is 19.4. The Morgan fingerprint density at radius 2 is 2.06 bits per heavy atom. The highest BCUT2D eigenvalue weighted by Crippen LogP contribution is 2.33. The van der Waals surface area contributed by atoms with Gasteiger partial charge in [0.05, 0.1) is 18.2 Å². The maximum absolute atomic E-state index is 12.6. The molecular formula is C10H7F5N2O. The summed E-state index contributed by atoms with van der Waals surface area (Å²) in [6, 6.07) is 2.49. The normalized spacial score (nSPS) is 11.4. The summed E-state index contributed by atoms with van der Waals surface area (Å²) >= 11 is 0. The Bertz CT molecular complexity index is 478. The van der Waals surface area contributed by atoms with E-state index in [0.29, 0.717) is 0 Å². The van der Waals surface area contributed by atoms with Crippen LogP contribution in [0.25, 0.3) is 0 Å². The average Bonchev–Trinajstić information content (AvgIpc) is 2.19. The molecule has 0 aliphatic heterocycles. The third kappa shape index (κ3) is 3.55. The molecule has 0 unspecified atom stereocenters. The van der Waals surface area contributed by atoms with Crippen molar-refractivity contribution in [1.82, 2.24) is 4.98 Å². The van der Waals surface area contributed by atoms with Crippen molar-refractivity contribution < 1.29 is 26.7 Å². The summed E-state index contributed by atoms with van der Waals surface area (Å²) in [5.41, 5.74) is -0.939.